The van der Waals surface area contributed by atoms with Crippen molar-refractivity contribution in [3.05, 3.63) is 65.2 Å². The second-order valence-electron chi connectivity index (χ2n) is 6.50. The van der Waals surface area contributed by atoms with Crippen molar-refractivity contribution >= 4 is 17.7 Å². The van der Waals surface area contributed by atoms with Gasteiger partial charge in [0, 0.05) is 0 Å². The number of rotatable bonds is 7. The van der Waals surface area contributed by atoms with E-state index in [1.54, 1.807) is 17.8 Å². The Morgan fingerprint density at radius 3 is 2.84 bits per heavy atom. The van der Waals surface area contributed by atoms with Gasteiger partial charge in [0.2, 0.25) is 5.91 Å². The van der Waals surface area contributed by atoms with E-state index in [4.69, 9.17) is 0 Å². The molecule has 0 saturated carbocycles. The fourth-order valence-corrected chi connectivity index (χ4v) is 4.16. The Bertz CT molecular complexity index is 702. The summed E-state index contributed by atoms with van der Waals surface area (Å²) in [7, 11) is 0. The minimum atomic E-state index is 0.0354. The monoisotopic (exact) mass is 355 g/mol. The molecular weight excluding hydrogens is 330 g/mol. The first kappa shape index (κ1) is 17.9. The summed E-state index contributed by atoms with van der Waals surface area (Å²) in [5.41, 5.74) is 3.43. The van der Waals surface area contributed by atoms with Crippen LogP contribution in [-0.2, 0) is 17.6 Å². The van der Waals surface area contributed by atoms with Crippen molar-refractivity contribution in [1.82, 2.24) is 5.32 Å². The molecule has 132 valence electrons. The van der Waals surface area contributed by atoms with Crippen LogP contribution in [0.25, 0.3) is 0 Å². The van der Waals surface area contributed by atoms with Crippen molar-refractivity contribution in [1.29, 1.82) is 0 Å². The average Bonchev–Trinajstić information content (AvgIpc) is 2.63. The molecule has 0 saturated heterocycles. The summed E-state index contributed by atoms with van der Waals surface area (Å²) < 4.78 is 0. The fraction of sp³-hybridized carbons (Fsp3) is 0.381. The van der Waals surface area contributed by atoms with Crippen LogP contribution in [0.5, 0.6) is 5.75 Å². The van der Waals surface area contributed by atoms with Gasteiger partial charge >= 0.3 is 0 Å². The molecule has 0 radical (unpaired) electrons. The molecule has 0 heterocycles. The maximum Gasteiger partial charge on any atom is 0.230 e. The van der Waals surface area contributed by atoms with E-state index in [1.165, 1.54) is 5.56 Å². The molecule has 1 aliphatic rings. The molecule has 1 amide bonds. The van der Waals surface area contributed by atoms with Crippen LogP contribution in [-0.4, -0.2) is 22.5 Å². The van der Waals surface area contributed by atoms with E-state index in [9.17, 15) is 9.90 Å². The third kappa shape index (κ3) is 5.02. The van der Waals surface area contributed by atoms with E-state index >= 15 is 0 Å². The van der Waals surface area contributed by atoms with Gasteiger partial charge in [-0.05, 0) is 60.6 Å². The summed E-state index contributed by atoms with van der Waals surface area (Å²) in [6, 6.07) is 16.1. The Kier molecular flexibility index (Phi) is 6.40. The highest BCUT2D eigenvalue weighted by Gasteiger charge is 2.23. The summed E-state index contributed by atoms with van der Waals surface area (Å²) >= 11 is 1.69. The van der Waals surface area contributed by atoms with Crippen LogP contribution < -0.4 is 5.32 Å². The molecule has 2 aromatic carbocycles. The van der Waals surface area contributed by atoms with Crippen molar-refractivity contribution in [3.63, 3.8) is 0 Å². The molecule has 0 bridgehead atoms. The quantitative estimate of drug-likeness (QED) is 0.730. The molecular formula is C21H25NO2S. The first-order valence-corrected chi connectivity index (χ1v) is 10.1. The molecule has 3 rings (SSSR count). The lowest BCUT2D eigenvalue weighted by molar-refractivity contribution is -0.119. The number of fused-ring (bicyclic) bond motifs is 1. The molecule has 1 aliphatic carbocycles. The number of amides is 1. The third-order valence-corrected chi connectivity index (χ3v) is 5.69. The lowest BCUT2D eigenvalue weighted by Gasteiger charge is -2.26. The van der Waals surface area contributed by atoms with E-state index in [2.05, 4.69) is 29.6 Å². The number of carbonyl (C=O) groups excluding carboxylic acids is 1. The minimum absolute atomic E-state index is 0.0354. The fourth-order valence-electron chi connectivity index (χ4n) is 3.40. The molecule has 3 nitrogen and oxygen atoms in total. The molecule has 0 spiro atoms. The number of benzene rings is 2. The number of nitrogens with one attached hydrogen (secondary N) is 1. The lowest BCUT2D eigenvalue weighted by Crippen LogP contribution is -2.32. The largest absolute Gasteiger partial charge is 0.508 e. The van der Waals surface area contributed by atoms with Gasteiger partial charge in [0.05, 0.1) is 11.8 Å². The Labute approximate surface area is 153 Å². The molecule has 1 atom stereocenters. The van der Waals surface area contributed by atoms with Gasteiger partial charge in [-0.2, -0.15) is 11.8 Å². The van der Waals surface area contributed by atoms with Crippen LogP contribution in [0.4, 0.5) is 0 Å². The smallest absolute Gasteiger partial charge is 0.230 e. The number of phenols is 1. The van der Waals surface area contributed by atoms with Crippen molar-refractivity contribution in [2.45, 2.75) is 38.1 Å². The van der Waals surface area contributed by atoms with Crippen LogP contribution in [0, 0.1) is 0 Å². The lowest BCUT2D eigenvalue weighted by atomic mass is 9.87. The Morgan fingerprint density at radius 1 is 1.16 bits per heavy atom. The van der Waals surface area contributed by atoms with Gasteiger partial charge < -0.3 is 10.4 Å². The molecule has 2 N–H and O–H groups in total. The second-order valence-corrected chi connectivity index (χ2v) is 7.60. The molecule has 0 aromatic heterocycles. The standard InChI is InChI=1S/C21H25NO2S/c23-20-13-5-10-17-18(20)11-4-12-19(17)22-21(24)15-25-14-6-9-16-7-2-1-3-8-16/h1-3,5,7-8,10,13,19,23H,4,6,9,11-12,14-15H2,(H,22,24)/t19-/m0/s1. The number of carbonyl (C=O) groups is 1. The van der Waals surface area contributed by atoms with Crippen LogP contribution in [0.3, 0.4) is 0 Å². The van der Waals surface area contributed by atoms with Crippen LogP contribution >= 0.6 is 11.8 Å². The molecule has 0 unspecified atom stereocenters. The third-order valence-electron chi connectivity index (χ3n) is 4.65. The van der Waals surface area contributed by atoms with Gasteiger partial charge in [-0.15, -0.1) is 0 Å². The van der Waals surface area contributed by atoms with Crippen molar-refractivity contribution in [2.75, 3.05) is 11.5 Å². The zero-order valence-corrected chi connectivity index (χ0v) is 15.2. The molecule has 0 aliphatic heterocycles. The van der Waals surface area contributed by atoms with Crippen LogP contribution in [0.15, 0.2) is 48.5 Å². The van der Waals surface area contributed by atoms with E-state index in [0.717, 1.165) is 49.0 Å². The summed E-state index contributed by atoms with van der Waals surface area (Å²) in [6.07, 6.45) is 4.98. The van der Waals surface area contributed by atoms with Gasteiger partial charge in [-0.25, -0.2) is 0 Å². The summed E-state index contributed by atoms with van der Waals surface area (Å²) in [5, 5.41) is 13.1. The van der Waals surface area contributed by atoms with E-state index in [0.29, 0.717) is 11.5 Å². The van der Waals surface area contributed by atoms with E-state index < -0.39 is 0 Å². The molecule has 0 fully saturated rings. The maximum atomic E-state index is 12.2. The van der Waals surface area contributed by atoms with Crippen molar-refractivity contribution in [3.8, 4) is 5.75 Å². The van der Waals surface area contributed by atoms with E-state index in [-0.39, 0.29) is 11.9 Å². The Morgan fingerprint density at radius 2 is 2.00 bits per heavy atom. The number of thioether (sulfide) groups is 1. The Balaban J connectivity index is 1.41. The second kappa shape index (κ2) is 8.95. The van der Waals surface area contributed by atoms with Gasteiger partial charge in [-0.1, -0.05) is 42.5 Å². The number of hydrogen-bond acceptors (Lipinski definition) is 3. The number of aryl methyl sites for hydroxylation is 1. The highest BCUT2D eigenvalue weighted by molar-refractivity contribution is 7.99. The summed E-state index contributed by atoms with van der Waals surface area (Å²) in [4.78, 5) is 12.2. The van der Waals surface area contributed by atoms with Crippen LogP contribution in [0.2, 0.25) is 0 Å². The average molecular weight is 356 g/mol. The predicted molar refractivity (Wildman–Crippen MR) is 104 cm³/mol. The highest BCUT2D eigenvalue weighted by atomic mass is 32.2. The van der Waals surface area contributed by atoms with Crippen molar-refractivity contribution < 1.29 is 9.90 Å². The predicted octanol–water partition coefficient (Wildman–Crippen LogP) is 4.25. The maximum absolute atomic E-state index is 12.2. The normalized spacial score (nSPS) is 16.2. The van der Waals surface area contributed by atoms with E-state index in [1.807, 2.05) is 18.2 Å². The summed E-state index contributed by atoms with van der Waals surface area (Å²) in [5.74, 6) is 1.93. The topological polar surface area (TPSA) is 49.3 Å². The zero-order valence-electron chi connectivity index (χ0n) is 14.4. The van der Waals surface area contributed by atoms with Gasteiger partial charge in [0.1, 0.15) is 5.75 Å². The van der Waals surface area contributed by atoms with Gasteiger partial charge in [-0.3, -0.25) is 4.79 Å². The SMILES string of the molecule is O=C(CSCCCc1ccccc1)N[C@H]1CCCc2c(O)cccc21. The minimum Gasteiger partial charge on any atom is -0.508 e. The van der Waals surface area contributed by atoms with Crippen LogP contribution in [0.1, 0.15) is 42.0 Å². The molecule has 4 heteroatoms. The Hall–Kier alpha value is -1.94. The first-order valence-electron chi connectivity index (χ1n) is 8.96. The van der Waals surface area contributed by atoms with Gasteiger partial charge in [0.25, 0.3) is 0 Å². The summed E-state index contributed by atoms with van der Waals surface area (Å²) in [6.45, 7) is 0. The van der Waals surface area contributed by atoms with Gasteiger partial charge in [0.15, 0.2) is 0 Å². The number of phenolic OH excluding ortho intramolecular Hbond substituents is 1. The van der Waals surface area contributed by atoms with Crippen molar-refractivity contribution in [2.24, 2.45) is 0 Å². The highest BCUT2D eigenvalue weighted by Crippen LogP contribution is 2.34. The molecule has 25 heavy (non-hydrogen) atoms. The number of aromatic hydroxyl groups is 1. The molecule has 2 aromatic rings. The number of hydrogen-bond donors (Lipinski definition) is 2. The zero-order chi connectivity index (χ0) is 17.5. The first-order chi connectivity index (χ1) is 12.2.